The Morgan fingerprint density at radius 1 is 1.10 bits per heavy atom. The number of aromatic nitrogens is 1. The van der Waals surface area contributed by atoms with Crippen LogP contribution in [0, 0.1) is 5.82 Å². The normalized spacial score (nSPS) is 12.6. The van der Waals surface area contributed by atoms with Crippen molar-refractivity contribution in [3.05, 3.63) is 76.1 Å². The number of benzene rings is 2. The topological polar surface area (TPSA) is 33.1 Å². The van der Waals surface area contributed by atoms with Crippen molar-refractivity contribution >= 4 is 26.8 Å². The van der Waals surface area contributed by atoms with Crippen LogP contribution in [-0.2, 0) is 0 Å². The Morgan fingerprint density at radius 2 is 1.90 bits per heavy atom. The van der Waals surface area contributed by atoms with Gasteiger partial charge in [-0.25, -0.2) is 4.39 Å². The molecule has 3 aromatic rings. The molecule has 1 N–H and O–H groups in total. The van der Waals surface area contributed by atoms with Crippen molar-refractivity contribution in [3.63, 3.8) is 0 Å². The van der Waals surface area contributed by atoms with Crippen LogP contribution in [0.4, 0.5) is 4.39 Å². The molecular weight excluding hydrogens is 321 g/mol. The Bertz CT molecular complexity index is 750. The minimum Gasteiger partial charge on any atom is -0.384 e. The van der Waals surface area contributed by atoms with E-state index in [1.807, 2.05) is 24.3 Å². The molecule has 0 amide bonds. The Labute approximate surface area is 124 Å². The summed E-state index contributed by atoms with van der Waals surface area (Å²) in [6.45, 7) is 0. The lowest BCUT2D eigenvalue weighted by Crippen LogP contribution is -2.02. The molecule has 20 heavy (non-hydrogen) atoms. The first-order chi connectivity index (χ1) is 9.65. The fourth-order valence-corrected chi connectivity index (χ4v) is 2.74. The quantitative estimate of drug-likeness (QED) is 0.762. The van der Waals surface area contributed by atoms with E-state index in [-0.39, 0.29) is 5.82 Å². The maximum Gasteiger partial charge on any atom is 0.124 e. The molecule has 3 rings (SSSR count). The van der Waals surface area contributed by atoms with Crippen molar-refractivity contribution in [1.82, 2.24) is 4.98 Å². The van der Waals surface area contributed by atoms with Gasteiger partial charge in [-0.2, -0.15) is 0 Å². The lowest BCUT2D eigenvalue weighted by Gasteiger charge is -2.14. The molecule has 1 heterocycles. The number of rotatable bonds is 2. The summed E-state index contributed by atoms with van der Waals surface area (Å²) >= 11 is 3.24. The summed E-state index contributed by atoms with van der Waals surface area (Å²) in [7, 11) is 0. The van der Waals surface area contributed by atoms with Crippen molar-refractivity contribution in [2.24, 2.45) is 0 Å². The average Bonchev–Trinajstić information content (AvgIpc) is 2.45. The average molecular weight is 332 g/mol. The minimum absolute atomic E-state index is 0.387. The van der Waals surface area contributed by atoms with Crippen LogP contribution in [0.2, 0.25) is 0 Å². The second-order valence-corrected chi connectivity index (χ2v) is 5.44. The predicted molar refractivity (Wildman–Crippen MR) is 79.9 cm³/mol. The second-order valence-electron chi connectivity index (χ2n) is 4.53. The summed E-state index contributed by atoms with van der Waals surface area (Å²) in [5, 5.41) is 11.5. The summed E-state index contributed by atoms with van der Waals surface area (Å²) in [4.78, 5) is 4.31. The number of aliphatic hydroxyl groups excluding tert-OH is 1. The highest BCUT2D eigenvalue weighted by atomic mass is 79.9. The predicted octanol–water partition coefficient (Wildman–Crippen LogP) is 4.22. The molecule has 2 aromatic carbocycles. The van der Waals surface area contributed by atoms with E-state index in [9.17, 15) is 9.50 Å². The second kappa shape index (κ2) is 5.31. The number of nitrogens with zero attached hydrogens (tertiary/aromatic N) is 1. The van der Waals surface area contributed by atoms with Gasteiger partial charge < -0.3 is 5.11 Å². The highest BCUT2D eigenvalue weighted by Gasteiger charge is 2.15. The van der Waals surface area contributed by atoms with Gasteiger partial charge >= 0.3 is 0 Å². The number of halogens is 2. The molecule has 100 valence electrons. The van der Waals surface area contributed by atoms with E-state index in [0.29, 0.717) is 15.6 Å². The van der Waals surface area contributed by atoms with Crippen molar-refractivity contribution < 1.29 is 9.50 Å². The van der Waals surface area contributed by atoms with Crippen LogP contribution in [0.25, 0.3) is 10.9 Å². The van der Waals surface area contributed by atoms with Crippen molar-refractivity contribution in [1.29, 1.82) is 0 Å². The van der Waals surface area contributed by atoms with Gasteiger partial charge in [-0.15, -0.1) is 0 Å². The molecule has 0 spiro atoms. The molecule has 0 fully saturated rings. The zero-order valence-corrected chi connectivity index (χ0v) is 12.0. The van der Waals surface area contributed by atoms with E-state index in [1.54, 1.807) is 18.3 Å². The van der Waals surface area contributed by atoms with Gasteiger partial charge in [0.2, 0.25) is 0 Å². The van der Waals surface area contributed by atoms with Crippen molar-refractivity contribution in [3.8, 4) is 0 Å². The van der Waals surface area contributed by atoms with E-state index < -0.39 is 6.10 Å². The van der Waals surface area contributed by atoms with Crippen molar-refractivity contribution in [2.75, 3.05) is 0 Å². The van der Waals surface area contributed by atoms with Crippen LogP contribution in [-0.4, -0.2) is 10.1 Å². The molecule has 2 nitrogen and oxygen atoms in total. The molecule has 1 atom stereocenters. The maximum absolute atomic E-state index is 13.5. The number of aliphatic hydroxyl groups is 1. The van der Waals surface area contributed by atoms with Gasteiger partial charge in [-0.1, -0.05) is 40.2 Å². The Balaban J connectivity index is 2.15. The van der Waals surface area contributed by atoms with Crippen LogP contribution in [0.3, 0.4) is 0 Å². The number of hydrogen-bond acceptors (Lipinski definition) is 2. The molecule has 1 aromatic heterocycles. The van der Waals surface area contributed by atoms with Crippen molar-refractivity contribution in [2.45, 2.75) is 6.10 Å². The van der Waals surface area contributed by atoms with E-state index >= 15 is 0 Å². The third kappa shape index (κ3) is 2.44. The minimum atomic E-state index is -0.916. The first-order valence-electron chi connectivity index (χ1n) is 6.13. The van der Waals surface area contributed by atoms with E-state index in [1.165, 1.54) is 12.1 Å². The zero-order chi connectivity index (χ0) is 14.1. The molecule has 0 saturated carbocycles. The van der Waals surface area contributed by atoms with E-state index in [0.717, 1.165) is 10.9 Å². The van der Waals surface area contributed by atoms with Crippen LogP contribution in [0.15, 0.2) is 59.2 Å². The fourth-order valence-electron chi connectivity index (χ4n) is 2.26. The number of para-hydroxylation sites is 1. The van der Waals surface area contributed by atoms with Crippen LogP contribution in [0.5, 0.6) is 0 Å². The van der Waals surface area contributed by atoms with Gasteiger partial charge in [0.05, 0.1) is 5.52 Å². The number of pyridine rings is 1. The summed E-state index contributed by atoms with van der Waals surface area (Å²) in [5.41, 5.74) is 1.89. The molecule has 0 aliphatic heterocycles. The van der Waals surface area contributed by atoms with Gasteiger partial charge in [0.25, 0.3) is 0 Å². The molecule has 0 saturated heterocycles. The van der Waals surface area contributed by atoms with Crippen LogP contribution < -0.4 is 0 Å². The Hall–Kier alpha value is -1.78. The molecule has 0 aliphatic carbocycles. The van der Waals surface area contributed by atoms with Gasteiger partial charge in [-0.3, -0.25) is 4.98 Å². The Morgan fingerprint density at radius 3 is 2.70 bits per heavy atom. The summed E-state index contributed by atoms with van der Waals surface area (Å²) in [5.74, 6) is -0.387. The monoisotopic (exact) mass is 331 g/mol. The zero-order valence-electron chi connectivity index (χ0n) is 10.4. The Kier molecular flexibility index (Phi) is 3.51. The number of fused-ring (bicyclic) bond motifs is 1. The smallest absolute Gasteiger partial charge is 0.124 e. The highest BCUT2D eigenvalue weighted by Crippen LogP contribution is 2.29. The van der Waals surface area contributed by atoms with Gasteiger partial charge in [-0.05, 0) is 29.8 Å². The largest absolute Gasteiger partial charge is 0.384 e. The van der Waals surface area contributed by atoms with E-state index in [2.05, 4.69) is 20.9 Å². The summed E-state index contributed by atoms with van der Waals surface area (Å²) in [6.07, 6.45) is 0.764. The van der Waals surface area contributed by atoms with E-state index in [4.69, 9.17) is 0 Å². The molecule has 4 heteroatoms. The highest BCUT2D eigenvalue weighted by molar-refractivity contribution is 9.10. The fraction of sp³-hybridized carbons (Fsp3) is 0.0625. The van der Waals surface area contributed by atoms with Gasteiger partial charge in [0.1, 0.15) is 11.9 Å². The molecule has 0 radical (unpaired) electrons. The summed E-state index contributed by atoms with van der Waals surface area (Å²) < 4.78 is 14.1. The third-order valence-electron chi connectivity index (χ3n) is 3.16. The standard InChI is InChI=1S/C16H11BrFNO/c17-12-7-11(8-13(18)9-12)16(20)14-5-1-3-10-4-2-6-19-15(10)14/h1-9,16,20H. The molecule has 1 unspecified atom stereocenters. The van der Waals surface area contributed by atoms with Gasteiger partial charge in [0, 0.05) is 21.6 Å². The number of hydrogen-bond donors (Lipinski definition) is 1. The molecular formula is C16H11BrFNO. The lowest BCUT2D eigenvalue weighted by molar-refractivity contribution is 0.221. The first-order valence-corrected chi connectivity index (χ1v) is 6.92. The molecule has 0 bridgehead atoms. The third-order valence-corrected chi connectivity index (χ3v) is 3.62. The van der Waals surface area contributed by atoms with Crippen LogP contribution in [0.1, 0.15) is 17.2 Å². The van der Waals surface area contributed by atoms with Gasteiger partial charge in [0.15, 0.2) is 0 Å². The summed E-state index contributed by atoms with van der Waals surface area (Å²) in [6, 6.07) is 13.8. The molecule has 0 aliphatic rings. The maximum atomic E-state index is 13.5. The van der Waals surface area contributed by atoms with Crippen LogP contribution >= 0.6 is 15.9 Å². The lowest BCUT2D eigenvalue weighted by atomic mass is 9.99. The SMILES string of the molecule is OC(c1cc(F)cc(Br)c1)c1cccc2cccnc12. The first kappa shape index (κ1) is 13.2.